The number of rotatable bonds is 4. The Morgan fingerprint density at radius 2 is 1.87 bits per heavy atom. The topological polar surface area (TPSA) is 212 Å². The summed E-state index contributed by atoms with van der Waals surface area (Å²) < 4.78 is 11.4. The van der Waals surface area contributed by atoms with Gasteiger partial charge in [0.15, 0.2) is 29.1 Å². The second kappa shape index (κ2) is 8.46. The Bertz CT molecular complexity index is 1240. The standard InChI is InChI=1S/C23H28N8O7/c24-20-28-18-12(9-30-15(32)5-6-16(30)33)26-21(25)31-10-14(23(35,36)22(18,31)29-20)27-19(34)11-3-1-4-13-17(11)38-8-2-7-37-13/h1,3-4,12,14,18,35-36H,2,5-10H2,(H2,25,26)(H,27,34)(H3,24,28,29)/t12-,14?,18?,22?/m0/s1. The van der Waals surface area contributed by atoms with E-state index >= 15 is 0 Å². The molecule has 0 aliphatic carbocycles. The maximum absolute atomic E-state index is 13.4. The van der Waals surface area contributed by atoms with Gasteiger partial charge in [-0.05, 0) is 12.1 Å². The highest BCUT2D eigenvalue weighted by atomic mass is 16.5. The lowest BCUT2D eigenvalue weighted by Crippen LogP contribution is -2.81. The lowest BCUT2D eigenvalue weighted by atomic mass is 9.84. The van der Waals surface area contributed by atoms with Crippen LogP contribution in [0, 0.1) is 10.8 Å². The van der Waals surface area contributed by atoms with Gasteiger partial charge in [-0.15, -0.1) is 0 Å². The number of nitrogens with zero attached hydrogens (tertiary/aromatic N) is 2. The number of fused-ring (bicyclic) bond motifs is 1. The van der Waals surface area contributed by atoms with E-state index in [1.807, 2.05) is 0 Å². The molecular weight excluding hydrogens is 500 g/mol. The summed E-state index contributed by atoms with van der Waals surface area (Å²) in [6.45, 7) is 0.464. The maximum Gasteiger partial charge on any atom is 0.255 e. The van der Waals surface area contributed by atoms with Crippen LogP contribution in [0.5, 0.6) is 11.5 Å². The van der Waals surface area contributed by atoms with E-state index in [9.17, 15) is 24.6 Å². The van der Waals surface area contributed by atoms with E-state index in [1.54, 1.807) is 12.1 Å². The first-order chi connectivity index (χ1) is 18.1. The second-order valence-electron chi connectivity index (χ2n) is 9.93. The molecule has 15 heteroatoms. The number of hydrogen-bond acceptors (Lipinski definition) is 9. The zero-order valence-electron chi connectivity index (χ0n) is 20.2. The molecule has 3 unspecified atom stereocenters. The number of aliphatic hydroxyl groups is 2. The van der Waals surface area contributed by atoms with E-state index in [0.717, 1.165) is 4.90 Å². The number of carbonyl (C=O) groups excluding carboxylic acids is 3. The first-order valence-corrected chi connectivity index (χ1v) is 12.4. The van der Waals surface area contributed by atoms with Gasteiger partial charge in [0, 0.05) is 25.8 Å². The van der Waals surface area contributed by atoms with Gasteiger partial charge in [0.2, 0.25) is 17.6 Å². The Kier molecular flexibility index (Phi) is 5.39. The summed E-state index contributed by atoms with van der Waals surface area (Å²) in [5, 5.41) is 51.2. The number of ether oxygens (including phenoxy) is 2. The SMILES string of the molecule is N=C1NC2[C@H](CN3C(=O)CCC3=O)NC(=N)N3CC(NC(=O)c4cccc5c4OCCCO5)C(O)(O)C23N1. The minimum absolute atomic E-state index is 0.0857. The minimum atomic E-state index is -2.70. The van der Waals surface area contributed by atoms with Crippen LogP contribution in [-0.4, -0.2) is 106 Å². The summed E-state index contributed by atoms with van der Waals surface area (Å²) in [6, 6.07) is 1.75. The number of guanidine groups is 2. The van der Waals surface area contributed by atoms with Crippen molar-refractivity contribution < 1.29 is 34.1 Å². The minimum Gasteiger partial charge on any atom is -0.490 e. The van der Waals surface area contributed by atoms with Crippen LogP contribution in [-0.2, 0) is 9.59 Å². The van der Waals surface area contributed by atoms with Crippen LogP contribution in [0.1, 0.15) is 29.6 Å². The van der Waals surface area contributed by atoms with Crippen LogP contribution in [0.25, 0.3) is 0 Å². The molecule has 8 N–H and O–H groups in total. The van der Waals surface area contributed by atoms with Gasteiger partial charge in [0.1, 0.15) is 6.04 Å². The molecule has 4 saturated heterocycles. The smallest absolute Gasteiger partial charge is 0.255 e. The summed E-state index contributed by atoms with van der Waals surface area (Å²) in [4.78, 5) is 40.3. The highest BCUT2D eigenvalue weighted by molar-refractivity contribution is 6.02. The Hall–Kier alpha value is -4.11. The Morgan fingerprint density at radius 3 is 2.63 bits per heavy atom. The van der Waals surface area contributed by atoms with E-state index < -0.39 is 35.5 Å². The molecule has 0 saturated carbocycles. The van der Waals surface area contributed by atoms with Gasteiger partial charge in [-0.1, -0.05) is 6.07 Å². The van der Waals surface area contributed by atoms with Crippen molar-refractivity contribution in [1.29, 1.82) is 10.8 Å². The molecule has 15 nitrogen and oxygen atoms in total. The Labute approximate surface area is 216 Å². The molecule has 0 bridgehead atoms. The highest BCUT2D eigenvalue weighted by Gasteiger charge is 2.74. The Balaban J connectivity index is 1.30. The van der Waals surface area contributed by atoms with Crippen LogP contribution in [0.4, 0.5) is 0 Å². The third kappa shape index (κ3) is 3.38. The molecule has 5 heterocycles. The van der Waals surface area contributed by atoms with E-state index in [4.69, 9.17) is 20.3 Å². The summed E-state index contributed by atoms with van der Waals surface area (Å²) in [7, 11) is 0. The third-order valence-corrected chi connectivity index (χ3v) is 7.75. The zero-order chi connectivity index (χ0) is 26.8. The van der Waals surface area contributed by atoms with Crippen LogP contribution in [0.2, 0.25) is 0 Å². The van der Waals surface area contributed by atoms with E-state index in [0.29, 0.717) is 25.4 Å². The van der Waals surface area contributed by atoms with Gasteiger partial charge in [0.25, 0.3) is 5.91 Å². The van der Waals surface area contributed by atoms with Gasteiger partial charge in [-0.25, -0.2) is 0 Å². The van der Waals surface area contributed by atoms with Gasteiger partial charge in [-0.2, -0.15) is 0 Å². The molecule has 5 aliphatic heterocycles. The van der Waals surface area contributed by atoms with Crippen molar-refractivity contribution in [2.45, 2.75) is 48.8 Å². The first-order valence-electron chi connectivity index (χ1n) is 12.4. The number of nitrogens with one attached hydrogen (secondary N) is 6. The van der Waals surface area contributed by atoms with Crippen LogP contribution < -0.4 is 30.7 Å². The summed E-state index contributed by atoms with van der Waals surface area (Å²) >= 11 is 0. The maximum atomic E-state index is 13.4. The van der Waals surface area contributed by atoms with Gasteiger partial charge >= 0.3 is 0 Å². The fraction of sp³-hybridized carbons (Fsp3) is 0.522. The quantitative estimate of drug-likeness (QED) is 0.148. The first kappa shape index (κ1) is 24.2. The predicted molar refractivity (Wildman–Crippen MR) is 128 cm³/mol. The molecule has 4 atom stereocenters. The van der Waals surface area contributed by atoms with Gasteiger partial charge < -0.3 is 45.9 Å². The molecule has 38 heavy (non-hydrogen) atoms. The lowest BCUT2D eigenvalue weighted by Gasteiger charge is -2.51. The van der Waals surface area contributed by atoms with Crippen molar-refractivity contribution in [1.82, 2.24) is 31.1 Å². The monoisotopic (exact) mass is 528 g/mol. The molecule has 1 spiro atoms. The van der Waals surface area contributed by atoms with Crippen molar-refractivity contribution in [2.75, 3.05) is 26.3 Å². The van der Waals surface area contributed by atoms with Crippen molar-refractivity contribution in [2.24, 2.45) is 0 Å². The number of carbonyl (C=O) groups is 3. The summed E-state index contributed by atoms with van der Waals surface area (Å²) in [5.74, 6) is -3.84. The van der Waals surface area contributed by atoms with E-state index in [1.165, 1.54) is 11.0 Å². The molecule has 0 aromatic heterocycles. The number of amides is 3. The largest absolute Gasteiger partial charge is 0.490 e. The number of imide groups is 1. The predicted octanol–water partition coefficient (Wildman–Crippen LogP) is -2.81. The molecule has 6 rings (SSSR count). The number of benzene rings is 1. The molecule has 202 valence electrons. The molecule has 3 amide bonds. The molecule has 1 aromatic carbocycles. The van der Waals surface area contributed by atoms with Crippen LogP contribution >= 0.6 is 0 Å². The fourth-order valence-electron chi connectivity index (χ4n) is 5.96. The molecular formula is C23H28N8O7. The molecule has 4 fully saturated rings. The summed E-state index contributed by atoms with van der Waals surface area (Å²) in [5.41, 5.74) is -1.70. The number of likely N-dealkylation sites (tertiary alicyclic amines) is 1. The van der Waals surface area contributed by atoms with Crippen molar-refractivity contribution in [3.05, 3.63) is 23.8 Å². The lowest BCUT2D eigenvalue weighted by molar-refractivity contribution is -0.232. The molecule has 5 aliphatic rings. The average Bonchev–Trinajstić information content (AvgIpc) is 3.37. The molecule has 1 aromatic rings. The van der Waals surface area contributed by atoms with E-state index in [2.05, 4.69) is 21.3 Å². The third-order valence-electron chi connectivity index (χ3n) is 7.75. The highest BCUT2D eigenvalue weighted by Crippen LogP contribution is 2.43. The van der Waals surface area contributed by atoms with Gasteiger partial charge in [-0.3, -0.25) is 30.1 Å². The van der Waals surface area contributed by atoms with Crippen LogP contribution in [0.15, 0.2) is 18.2 Å². The zero-order valence-corrected chi connectivity index (χ0v) is 20.2. The van der Waals surface area contributed by atoms with Crippen molar-refractivity contribution >= 4 is 29.6 Å². The van der Waals surface area contributed by atoms with Crippen LogP contribution in [0.3, 0.4) is 0 Å². The fourth-order valence-corrected chi connectivity index (χ4v) is 5.96. The van der Waals surface area contributed by atoms with Gasteiger partial charge in [0.05, 0.1) is 37.4 Å². The molecule has 0 radical (unpaired) electrons. The normalized spacial score (nSPS) is 31.2. The van der Waals surface area contributed by atoms with E-state index in [-0.39, 0.29) is 61.0 Å². The number of para-hydroxylation sites is 1. The van der Waals surface area contributed by atoms with Crippen molar-refractivity contribution in [3.8, 4) is 11.5 Å². The average molecular weight is 529 g/mol. The summed E-state index contributed by atoms with van der Waals surface area (Å²) in [6.07, 6.45) is 0.813. The van der Waals surface area contributed by atoms with Crippen molar-refractivity contribution in [3.63, 3.8) is 0 Å². The second-order valence-corrected chi connectivity index (χ2v) is 9.93. The number of hydrogen-bond donors (Lipinski definition) is 8. The Morgan fingerprint density at radius 1 is 1.13 bits per heavy atom.